The highest BCUT2D eigenvalue weighted by Crippen LogP contribution is 2.32. The van der Waals surface area contributed by atoms with Crippen LogP contribution in [0.5, 0.6) is 11.5 Å². The second-order valence-corrected chi connectivity index (χ2v) is 9.20. The molecule has 1 aliphatic heterocycles. The number of methoxy groups -OCH3 is 1. The van der Waals surface area contributed by atoms with E-state index in [0.717, 1.165) is 48.4 Å². The summed E-state index contributed by atoms with van der Waals surface area (Å²) in [4.78, 5) is 17.9. The van der Waals surface area contributed by atoms with Gasteiger partial charge in [0.1, 0.15) is 29.6 Å². The maximum atomic E-state index is 14.1. The first-order valence-electron chi connectivity index (χ1n) is 12.8. The van der Waals surface area contributed by atoms with Crippen molar-refractivity contribution in [2.24, 2.45) is 0 Å². The molecule has 0 bridgehead atoms. The van der Waals surface area contributed by atoms with E-state index in [1.807, 2.05) is 47.4 Å². The third-order valence-corrected chi connectivity index (χ3v) is 6.91. The third-order valence-electron chi connectivity index (χ3n) is 6.91. The van der Waals surface area contributed by atoms with E-state index in [-0.39, 0.29) is 18.3 Å². The number of aromatic nitrogens is 1. The first-order chi connectivity index (χ1) is 18.1. The van der Waals surface area contributed by atoms with Crippen molar-refractivity contribution in [3.05, 3.63) is 89.9 Å². The van der Waals surface area contributed by atoms with E-state index >= 15 is 0 Å². The van der Waals surface area contributed by atoms with Crippen LogP contribution >= 0.6 is 0 Å². The van der Waals surface area contributed by atoms with Crippen LogP contribution in [0.15, 0.2) is 72.8 Å². The number of piperazine rings is 1. The summed E-state index contributed by atoms with van der Waals surface area (Å²) >= 11 is 0. The lowest BCUT2D eigenvalue weighted by molar-refractivity contribution is 0.0736. The zero-order valence-electron chi connectivity index (χ0n) is 21.3. The van der Waals surface area contributed by atoms with Crippen molar-refractivity contribution < 1.29 is 18.7 Å². The number of benzene rings is 3. The Morgan fingerprint density at radius 2 is 1.65 bits per heavy atom. The van der Waals surface area contributed by atoms with Crippen LogP contribution in [0.1, 0.15) is 29.4 Å². The van der Waals surface area contributed by atoms with Crippen molar-refractivity contribution in [2.45, 2.75) is 26.5 Å². The van der Waals surface area contributed by atoms with Gasteiger partial charge in [0.15, 0.2) is 0 Å². The van der Waals surface area contributed by atoms with Crippen molar-refractivity contribution in [3.8, 4) is 11.5 Å². The molecule has 192 valence electrons. The second kappa shape index (κ2) is 10.9. The lowest BCUT2D eigenvalue weighted by Gasteiger charge is -2.36. The normalized spacial score (nSPS) is 13.7. The molecule has 7 heteroatoms. The summed E-state index contributed by atoms with van der Waals surface area (Å²) in [6, 6.07) is 22.3. The average molecular weight is 502 g/mol. The molecule has 0 atom stereocenters. The summed E-state index contributed by atoms with van der Waals surface area (Å²) in [6.07, 6.45) is 0.895. The van der Waals surface area contributed by atoms with Crippen LogP contribution in [0.25, 0.3) is 10.9 Å². The number of carbonyl (C=O) groups excluding carboxylic acids is 1. The molecule has 0 unspecified atom stereocenters. The highest BCUT2D eigenvalue weighted by Gasteiger charge is 2.27. The molecule has 0 saturated carbocycles. The highest BCUT2D eigenvalue weighted by molar-refractivity contribution is 6.00. The van der Waals surface area contributed by atoms with Gasteiger partial charge in [-0.3, -0.25) is 4.79 Å². The quantitative estimate of drug-likeness (QED) is 0.309. The summed E-state index contributed by atoms with van der Waals surface area (Å²) in [5, 5.41) is 0.864. The molecule has 1 fully saturated rings. The molecule has 4 aromatic rings. The molecule has 3 aromatic carbocycles. The number of ether oxygens (including phenoxy) is 2. The van der Waals surface area contributed by atoms with Gasteiger partial charge < -0.3 is 23.8 Å². The Labute approximate surface area is 216 Å². The van der Waals surface area contributed by atoms with Crippen molar-refractivity contribution in [3.63, 3.8) is 0 Å². The molecular weight excluding hydrogens is 469 g/mol. The van der Waals surface area contributed by atoms with E-state index in [4.69, 9.17) is 9.47 Å². The van der Waals surface area contributed by atoms with Gasteiger partial charge in [-0.05, 0) is 42.8 Å². The Bertz CT molecular complexity index is 1390. The molecule has 0 aliphatic carbocycles. The highest BCUT2D eigenvalue weighted by atomic mass is 19.1. The molecule has 37 heavy (non-hydrogen) atoms. The Hall–Kier alpha value is -4.00. The third kappa shape index (κ3) is 4.99. The number of aryl methyl sites for hydroxylation is 1. The summed E-state index contributed by atoms with van der Waals surface area (Å²) in [5.74, 6) is 1.21. The SMILES string of the molecule is CCCn1c(C(=O)N2CCN(c3ccccc3OC)CC2)cc2c(OCc3ccccc3F)cccc21. The molecule has 5 rings (SSSR count). The number of fused-ring (bicyclic) bond motifs is 1. The molecule has 1 saturated heterocycles. The molecule has 1 aromatic heterocycles. The summed E-state index contributed by atoms with van der Waals surface area (Å²) in [6.45, 7) is 5.67. The predicted molar refractivity (Wildman–Crippen MR) is 144 cm³/mol. The molecule has 1 aliphatic rings. The Morgan fingerprint density at radius 3 is 2.41 bits per heavy atom. The standard InChI is InChI=1S/C30H32FN3O3/c1-3-15-34-25-12-8-14-28(37-21-22-9-4-5-10-24(22)31)23(25)20-27(34)30(35)33-18-16-32(17-19-33)26-11-6-7-13-29(26)36-2/h4-14,20H,3,15-19,21H2,1-2H3. The first kappa shape index (κ1) is 24.7. The molecule has 0 radical (unpaired) electrons. The number of carbonyl (C=O) groups is 1. The van der Waals surface area contributed by atoms with Gasteiger partial charge in [0.2, 0.25) is 0 Å². The number of rotatable bonds is 8. The van der Waals surface area contributed by atoms with Gasteiger partial charge in [0, 0.05) is 43.7 Å². The Morgan fingerprint density at radius 1 is 0.919 bits per heavy atom. The monoisotopic (exact) mass is 501 g/mol. The molecule has 0 N–H and O–H groups in total. The number of anilines is 1. The number of para-hydroxylation sites is 2. The van der Waals surface area contributed by atoms with Crippen LogP contribution in [0.2, 0.25) is 0 Å². The molecule has 0 spiro atoms. The fourth-order valence-electron chi connectivity index (χ4n) is 5.00. The van der Waals surface area contributed by atoms with E-state index in [2.05, 4.69) is 22.5 Å². The summed E-state index contributed by atoms with van der Waals surface area (Å²) < 4.78 is 27.8. The molecule has 1 amide bonds. The maximum absolute atomic E-state index is 14.1. The fourth-order valence-corrected chi connectivity index (χ4v) is 5.00. The lowest BCUT2D eigenvalue weighted by atomic mass is 10.2. The van der Waals surface area contributed by atoms with Crippen molar-refractivity contribution >= 4 is 22.5 Å². The molecular formula is C30H32FN3O3. The van der Waals surface area contributed by atoms with E-state index in [1.54, 1.807) is 25.3 Å². The number of amides is 1. The largest absolute Gasteiger partial charge is 0.495 e. The van der Waals surface area contributed by atoms with Crippen molar-refractivity contribution in [1.29, 1.82) is 0 Å². The maximum Gasteiger partial charge on any atom is 0.270 e. The number of hydrogen-bond acceptors (Lipinski definition) is 4. The fraction of sp³-hybridized carbons (Fsp3) is 0.300. The summed E-state index contributed by atoms with van der Waals surface area (Å²) in [7, 11) is 1.68. The van der Waals surface area contributed by atoms with Gasteiger partial charge in [-0.25, -0.2) is 4.39 Å². The van der Waals surface area contributed by atoms with E-state index < -0.39 is 0 Å². The number of hydrogen-bond donors (Lipinski definition) is 0. The zero-order chi connectivity index (χ0) is 25.8. The van der Waals surface area contributed by atoms with Gasteiger partial charge in [0.05, 0.1) is 18.3 Å². The minimum atomic E-state index is -0.290. The Balaban J connectivity index is 1.37. The van der Waals surface area contributed by atoms with Gasteiger partial charge in [-0.15, -0.1) is 0 Å². The van der Waals surface area contributed by atoms with Gasteiger partial charge in [0.25, 0.3) is 5.91 Å². The van der Waals surface area contributed by atoms with E-state index in [9.17, 15) is 9.18 Å². The molecule has 2 heterocycles. The zero-order valence-corrected chi connectivity index (χ0v) is 21.3. The van der Waals surface area contributed by atoms with Crippen molar-refractivity contribution in [2.75, 3.05) is 38.2 Å². The van der Waals surface area contributed by atoms with Crippen LogP contribution in [-0.4, -0.2) is 48.7 Å². The van der Waals surface area contributed by atoms with E-state index in [1.165, 1.54) is 6.07 Å². The number of halogens is 1. The minimum Gasteiger partial charge on any atom is -0.495 e. The summed E-state index contributed by atoms with van der Waals surface area (Å²) in [5.41, 5.74) is 3.15. The second-order valence-electron chi connectivity index (χ2n) is 9.20. The minimum absolute atomic E-state index is 0.0179. The van der Waals surface area contributed by atoms with Gasteiger partial charge >= 0.3 is 0 Å². The van der Waals surface area contributed by atoms with Crippen LogP contribution in [-0.2, 0) is 13.2 Å². The Kier molecular flexibility index (Phi) is 7.30. The smallest absolute Gasteiger partial charge is 0.270 e. The number of nitrogens with zero attached hydrogens (tertiary/aromatic N) is 3. The lowest BCUT2D eigenvalue weighted by Crippen LogP contribution is -2.49. The van der Waals surface area contributed by atoms with Crippen LogP contribution in [0, 0.1) is 5.82 Å². The first-order valence-corrected chi connectivity index (χ1v) is 12.8. The van der Waals surface area contributed by atoms with Crippen molar-refractivity contribution in [1.82, 2.24) is 9.47 Å². The molecule has 6 nitrogen and oxygen atoms in total. The average Bonchev–Trinajstić information content (AvgIpc) is 3.31. The van der Waals surface area contributed by atoms with Crippen LogP contribution in [0.3, 0.4) is 0 Å². The van der Waals surface area contributed by atoms with Crippen LogP contribution < -0.4 is 14.4 Å². The van der Waals surface area contributed by atoms with Gasteiger partial charge in [-0.1, -0.05) is 43.3 Å². The topological polar surface area (TPSA) is 46.9 Å². The van der Waals surface area contributed by atoms with Crippen LogP contribution in [0.4, 0.5) is 10.1 Å². The van der Waals surface area contributed by atoms with E-state index in [0.29, 0.717) is 30.1 Å². The predicted octanol–water partition coefficient (Wildman–Crippen LogP) is 5.74. The van der Waals surface area contributed by atoms with Gasteiger partial charge in [-0.2, -0.15) is 0 Å².